The highest BCUT2D eigenvalue weighted by molar-refractivity contribution is 7.89. The highest BCUT2D eigenvalue weighted by Gasteiger charge is 2.65. The van der Waals surface area contributed by atoms with Crippen LogP contribution in [0.5, 0.6) is 0 Å². The highest BCUT2D eigenvalue weighted by atomic mass is 35.5. The van der Waals surface area contributed by atoms with Crippen LogP contribution < -0.4 is 10.3 Å². The maximum atomic E-state index is 13.3. The number of benzene rings is 1. The van der Waals surface area contributed by atoms with Crippen LogP contribution in [-0.4, -0.2) is 56.6 Å². The lowest BCUT2D eigenvalue weighted by Gasteiger charge is -2.36. The summed E-state index contributed by atoms with van der Waals surface area (Å²) in [6, 6.07) is 4.20. The van der Waals surface area contributed by atoms with Crippen LogP contribution in [0.3, 0.4) is 0 Å². The predicted octanol–water partition coefficient (Wildman–Crippen LogP) is 3.55. The van der Waals surface area contributed by atoms with E-state index in [9.17, 15) is 13.2 Å². The number of halogens is 2. The summed E-state index contributed by atoms with van der Waals surface area (Å²) in [4.78, 5) is 15.2. The third-order valence-corrected chi connectivity index (χ3v) is 10.1. The van der Waals surface area contributed by atoms with Crippen molar-refractivity contribution in [3.8, 4) is 0 Å². The van der Waals surface area contributed by atoms with Crippen molar-refractivity contribution in [2.45, 2.75) is 111 Å². The lowest BCUT2D eigenvalue weighted by Crippen LogP contribution is -2.61. The Morgan fingerprint density at radius 1 is 0.838 bits per heavy atom. The minimum atomic E-state index is -4.22. The lowest BCUT2D eigenvalue weighted by atomic mass is 9.94. The van der Waals surface area contributed by atoms with Crippen LogP contribution in [0.4, 0.5) is 0 Å². The number of nitrogens with one attached hydrogen (secondary N) is 2. The minimum Gasteiger partial charge on any atom is -0.341 e. The van der Waals surface area contributed by atoms with Gasteiger partial charge in [0.15, 0.2) is 24.0 Å². The second kappa shape index (κ2) is 9.87. The van der Waals surface area contributed by atoms with Crippen LogP contribution in [0.15, 0.2) is 23.1 Å². The fraction of sp³-hybridized carbons (Fsp3) is 0.708. The fourth-order valence-corrected chi connectivity index (χ4v) is 7.71. The molecule has 13 heteroatoms. The molecule has 0 radical (unpaired) electrons. The maximum absolute atomic E-state index is 13.3. The number of hydrogen-bond acceptors (Lipinski definition) is 8. The molecule has 2 aliphatic carbocycles. The van der Waals surface area contributed by atoms with E-state index in [4.69, 9.17) is 46.9 Å². The van der Waals surface area contributed by atoms with Gasteiger partial charge in [0, 0.05) is 25.7 Å². The Labute approximate surface area is 225 Å². The standard InChI is InChI=1S/C24H30Cl2N2O8S/c25-14-8-7-9-15(16(14)26)37(30,31)28-27-21(29)19-17-18(34-23(33-17)10-3-1-4-11-23)20-22(32-19)36-24(35-20)12-5-2-6-13-24/h7-9,17-20,22,28H,1-6,10-13H2,(H,27,29)/t17-,18-,19-,20-,22-/m1/s1. The molecule has 37 heavy (non-hydrogen) atoms. The summed E-state index contributed by atoms with van der Waals surface area (Å²) in [6.07, 6.45) is 5.00. The zero-order chi connectivity index (χ0) is 25.8. The van der Waals surface area contributed by atoms with Crippen molar-refractivity contribution in [3.63, 3.8) is 0 Å². The van der Waals surface area contributed by atoms with Crippen molar-refractivity contribution < 1.29 is 36.9 Å². The van der Waals surface area contributed by atoms with E-state index in [-0.39, 0.29) is 14.9 Å². The Bertz CT molecular complexity index is 1160. The predicted molar refractivity (Wildman–Crippen MR) is 131 cm³/mol. The third-order valence-electron chi connectivity index (χ3n) is 7.88. The molecular weight excluding hydrogens is 547 g/mol. The van der Waals surface area contributed by atoms with Gasteiger partial charge in [-0.2, -0.15) is 0 Å². The zero-order valence-electron chi connectivity index (χ0n) is 20.1. The number of ether oxygens (including phenoxy) is 5. The van der Waals surface area contributed by atoms with Gasteiger partial charge in [0.2, 0.25) is 0 Å². The van der Waals surface area contributed by atoms with Crippen molar-refractivity contribution in [1.29, 1.82) is 0 Å². The van der Waals surface area contributed by atoms with E-state index < -0.39 is 58.2 Å². The normalized spacial score (nSPS) is 34.3. The molecule has 1 aromatic rings. The van der Waals surface area contributed by atoms with Gasteiger partial charge in [0.1, 0.15) is 23.2 Å². The van der Waals surface area contributed by atoms with E-state index in [1.807, 2.05) is 0 Å². The first-order valence-corrected chi connectivity index (χ1v) is 15.1. The minimum absolute atomic E-state index is 0.0738. The molecule has 2 N–H and O–H groups in total. The summed E-state index contributed by atoms with van der Waals surface area (Å²) < 4.78 is 57.4. The van der Waals surface area contributed by atoms with Gasteiger partial charge in [0.05, 0.1) is 10.0 Å². The molecule has 2 saturated carbocycles. The quantitative estimate of drug-likeness (QED) is 0.522. The first-order chi connectivity index (χ1) is 17.7. The molecule has 3 heterocycles. The molecule has 6 rings (SSSR count). The average Bonchev–Trinajstić information content (AvgIpc) is 3.42. The van der Waals surface area contributed by atoms with Crippen LogP contribution in [0.1, 0.15) is 64.2 Å². The summed E-state index contributed by atoms with van der Waals surface area (Å²) in [6.45, 7) is 0. The number of rotatable bonds is 4. The summed E-state index contributed by atoms with van der Waals surface area (Å²) in [5.74, 6) is -2.32. The second-order valence-corrected chi connectivity index (χ2v) is 12.8. The van der Waals surface area contributed by atoms with E-state index in [1.54, 1.807) is 0 Å². The molecule has 5 atom stereocenters. The molecule has 3 aliphatic heterocycles. The van der Waals surface area contributed by atoms with E-state index in [2.05, 4.69) is 10.3 Å². The SMILES string of the molecule is O=C(NNS(=O)(=O)c1cccc(Cl)c1Cl)[C@@H]1O[C@@H]2OC3(CCCCC3)O[C@@H]2[C@@H]2OC3(CCCCC3)O[C@H]21. The maximum Gasteiger partial charge on any atom is 0.267 e. The average molecular weight is 577 g/mol. The molecule has 5 aliphatic rings. The van der Waals surface area contributed by atoms with Crippen LogP contribution >= 0.6 is 23.2 Å². The zero-order valence-corrected chi connectivity index (χ0v) is 22.4. The number of amides is 1. The Kier molecular flexibility index (Phi) is 6.99. The van der Waals surface area contributed by atoms with Gasteiger partial charge in [0.25, 0.3) is 15.9 Å². The molecule has 2 spiro atoms. The summed E-state index contributed by atoms with van der Waals surface area (Å²) in [7, 11) is -4.22. The number of carbonyl (C=O) groups excluding carboxylic acids is 1. The Morgan fingerprint density at radius 3 is 2.11 bits per heavy atom. The Morgan fingerprint density at radius 2 is 1.43 bits per heavy atom. The molecule has 1 aromatic carbocycles. The van der Waals surface area contributed by atoms with Crippen molar-refractivity contribution in [2.24, 2.45) is 0 Å². The van der Waals surface area contributed by atoms with Gasteiger partial charge < -0.3 is 23.7 Å². The summed E-state index contributed by atoms with van der Waals surface area (Å²) >= 11 is 12.0. The van der Waals surface area contributed by atoms with E-state index >= 15 is 0 Å². The fourth-order valence-electron chi connectivity index (χ4n) is 6.10. The van der Waals surface area contributed by atoms with Gasteiger partial charge in [-0.15, -0.1) is 4.83 Å². The molecule has 0 unspecified atom stereocenters. The smallest absolute Gasteiger partial charge is 0.267 e. The molecule has 0 aromatic heterocycles. The van der Waals surface area contributed by atoms with Crippen LogP contribution in [0.25, 0.3) is 0 Å². The second-order valence-electron chi connectivity index (χ2n) is 10.4. The molecule has 3 saturated heterocycles. The summed E-state index contributed by atoms with van der Waals surface area (Å²) in [5.41, 5.74) is 2.26. The monoisotopic (exact) mass is 576 g/mol. The first-order valence-electron chi connectivity index (χ1n) is 12.8. The van der Waals surface area contributed by atoms with E-state index in [1.165, 1.54) is 18.2 Å². The van der Waals surface area contributed by atoms with Crippen LogP contribution in [0.2, 0.25) is 10.0 Å². The molecule has 5 fully saturated rings. The van der Waals surface area contributed by atoms with Gasteiger partial charge >= 0.3 is 0 Å². The molecule has 10 nitrogen and oxygen atoms in total. The first kappa shape index (κ1) is 26.2. The number of hydrogen-bond donors (Lipinski definition) is 2. The van der Waals surface area contributed by atoms with Crippen LogP contribution in [-0.2, 0) is 38.5 Å². The summed E-state index contributed by atoms with van der Waals surface area (Å²) in [5, 5.41) is -0.0755. The largest absolute Gasteiger partial charge is 0.341 e. The molecule has 0 bridgehead atoms. The Hall–Kier alpha value is -1.02. The van der Waals surface area contributed by atoms with Crippen molar-refractivity contribution in [2.75, 3.05) is 0 Å². The third kappa shape index (κ3) is 4.81. The topological polar surface area (TPSA) is 121 Å². The lowest BCUT2D eigenvalue weighted by molar-refractivity contribution is -0.247. The van der Waals surface area contributed by atoms with Crippen molar-refractivity contribution in [3.05, 3.63) is 28.2 Å². The Balaban J connectivity index is 1.23. The molecule has 204 valence electrons. The highest BCUT2D eigenvalue weighted by Crippen LogP contribution is 2.50. The van der Waals surface area contributed by atoms with Gasteiger partial charge in [-0.1, -0.05) is 42.1 Å². The van der Waals surface area contributed by atoms with Crippen molar-refractivity contribution >= 4 is 39.1 Å². The van der Waals surface area contributed by atoms with Gasteiger partial charge in [-0.3, -0.25) is 10.2 Å². The van der Waals surface area contributed by atoms with Crippen LogP contribution in [0, 0.1) is 0 Å². The van der Waals surface area contributed by atoms with Crippen molar-refractivity contribution in [1.82, 2.24) is 10.3 Å². The number of fused-ring (bicyclic) bond motifs is 3. The number of hydrazine groups is 1. The molecule has 1 amide bonds. The molecular formula is C24H30Cl2N2O8S. The number of carbonyl (C=O) groups is 1. The van der Waals surface area contributed by atoms with Gasteiger partial charge in [-0.25, -0.2) is 8.42 Å². The van der Waals surface area contributed by atoms with E-state index in [0.717, 1.165) is 51.4 Å². The number of sulfonamides is 1. The van der Waals surface area contributed by atoms with Gasteiger partial charge in [-0.05, 0) is 37.8 Å². The van der Waals surface area contributed by atoms with E-state index in [0.29, 0.717) is 12.8 Å².